The van der Waals surface area contributed by atoms with E-state index >= 15 is 0 Å². The second kappa shape index (κ2) is 10.7. The van der Waals surface area contributed by atoms with Crippen LogP contribution in [0.1, 0.15) is 38.0 Å². The second-order valence-electron chi connectivity index (χ2n) is 9.33. The van der Waals surface area contributed by atoms with Crippen molar-refractivity contribution in [1.29, 1.82) is 0 Å². The highest BCUT2D eigenvalue weighted by atomic mass is 32.1. The van der Waals surface area contributed by atoms with Crippen LogP contribution in [-0.4, -0.2) is 61.3 Å². The Labute approximate surface area is 224 Å². The number of aliphatic hydroxyl groups is 1. The molecule has 3 aromatic heterocycles. The minimum absolute atomic E-state index is 0.0723. The van der Waals surface area contributed by atoms with Gasteiger partial charge in [-0.05, 0) is 31.0 Å². The van der Waals surface area contributed by atoms with Crippen molar-refractivity contribution in [3.8, 4) is 10.6 Å². The predicted octanol–water partition coefficient (Wildman–Crippen LogP) is 3.15. The molecule has 1 aromatic carbocycles. The van der Waals surface area contributed by atoms with Gasteiger partial charge in [0.05, 0.1) is 41.5 Å². The molecule has 5 rings (SSSR count). The molecule has 0 unspecified atom stereocenters. The van der Waals surface area contributed by atoms with Gasteiger partial charge in [-0.3, -0.25) is 14.3 Å². The lowest BCUT2D eigenvalue weighted by atomic mass is 10.0. The van der Waals surface area contributed by atoms with Crippen LogP contribution in [-0.2, 0) is 18.3 Å². The molecule has 0 aliphatic carbocycles. The van der Waals surface area contributed by atoms with Crippen molar-refractivity contribution in [1.82, 2.24) is 30.0 Å². The van der Waals surface area contributed by atoms with Gasteiger partial charge in [-0.2, -0.15) is 5.10 Å². The summed E-state index contributed by atoms with van der Waals surface area (Å²) in [5.74, 6) is 0.715. The van der Waals surface area contributed by atoms with E-state index in [1.165, 1.54) is 0 Å². The van der Waals surface area contributed by atoms with Gasteiger partial charge in [0.2, 0.25) is 11.9 Å². The number of benzene rings is 1. The minimum Gasteiger partial charge on any atom is -0.394 e. The number of fused-ring (bicyclic) bond motifs is 1. The van der Waals surface area contributed by atoms with E-state index in [1.807, 2.05) is 57.3 Å². The Balaban J connectivity index is 1.30. The molecule has 1 aliphatic rings. The van der Waals surface area contributed by atoms with Crippen molar-refractivity contribution in [2.75, 3.05) is 25.0 Å². The SMILES string of the molecule is Cc1cccc([C@@H](CO)NC(=O)CN2CCc3sc(-c4nc(Nc5ccnn5C)ncc4C)cc3C2=O)c1. The van der Waals surface area contributed by atoms with Crippen LogP contribution in [0.4, 0.5) is 11.8 Å². The van der Waals surface area contributed by atoms with Crippen molar-refractivity contribution in [3.05, 3.63) is 75.9 Å². The summed E-state index contributed by atoms with van der Waals surface area (Å²) in [5.41, 5.74) is 4.12. The molecule has 4 heterocycles. The Morgan fingerprint density at radius 2 is 2.08 bits per heavy atom. The van der Waals surface area contributed by atoms with Crippen LogP contribution in [0.25, 0.3) is 10.6 Å². The van der Waals surface area contributed by atoms with Gasteiger partial charge >= 0.3 is 0 Å². The lowest BCUT2D eigenvalue weighted by molar-refractivity contribution is -0.122. The summed E-state index contributed by atoms with van der Waals surface area (Å²) in [6.45, 7) is 4.05. The number of aryl methyl sites for hydroxylation is 3. The van der Waals surface area contributed by atoms with E-state index in [4.69, 9.17) is 4.98 Å². The van der Waals surface area contributed by atoms with Crippen LogP contribution in [0, 0.1) is 13.8 Å². The molecule has 196 valence electrons. The maximum Gasteiger partial charge on any atom is 0.255 e. The zero-order chi connectivity index (χ0) is 26.8. The zero-order valence-corrected chi connectivity index (χ0v) is 22.2. The van der Waals surface area contributed by atoms with Crippen LogP contribution < -0.4 is 10.6 Å². The first-order valence-electron chi connectivity index (χ1n) is 12.3. The fourth-order valence-corrected chi connectivity index (χ4v) is 5.66. The molecule has 0 saturated heterocycles. The molecule has 0 saturated carbocycles. The highest BCUT2D eigenvalue weighted by molar-refractivity contribution is 7.15. The third kappa shape index (κ3) is 5.29. The van der Waals surface area contributed by atoms with Gasteiger partial charge in [0.15, 0.2) is 0 Å². The number of thiophene rings is 1. The number of amides is 2. The molecule has 0 spiro atoms. The van der Waals surface area contributed by atoms with E-state index in [0.717, 1.165) is 38.0 Å². The summed E-state index contributed by atoms with van der Waals surface area (Å²) >= 11 is 1.54. The van der Waals surface area contributed by atoms with E-state index in [0.29, 0.717) is 24.5 Å². The van der Waals surface area contributed by atoms with E-state index in [2.05, 4.69) is 20.7 Å². The first-order valence-corrected chi connectivity index (χ1v) is 13.1. The molecule has 0 radical (unpaired) electrons. The first-order chi connectivity index (χ1) is 18.3. The number of anilines is 2. The number of nitrogens with zero attached hydrogens (tertiary/aromatic N) is 5. The molecule has 10 nitrogen and oxygen atoms in total. The second-order valence-corrected chi connectivity index (χ2v) is 10.5. The zero-order valence-electron chi connectivity index (χ0n) is 21.4. The average molecular weight is 532 g/mol. The standard InChI is InChI=1S/C27H29N7O3S/c1-16-5-4-6-18(11-16)20(15-35)30-24(36)14-34-10-8-21-19(26(34)37)12-22(38-21)25-17(2)13-28-27(32-25)31-23-7-9-29-33(23)3/h4-7,9,11-13,20,35H,8,10,14-15H2,1-3H3,(H,30,36)(H,28,31,32)/t20-/m1/s1. The van der Waals surface area contributed by atoms with Crippen LogP contribution >= 0.6 is 11.3 Å². The minimum atomic E-state index is -0.527. The number of aliphatic hydroxyl groups excluding tert-OH is 1. The predicted molar refractivity (Wildman–Crippen MR) is 145 cm³/mol. The summed E-state index contributed by atoms with van der Waals surface area (Å²) < 4.78 is 1.69. The topological polar surface area (TPSA) is 125 Å². The maximum absolute atomic E-state index is 13.3. The Morgan fingerprint density at radius 1 is 1.24 bits per heavy atom. The highest BCUT2D eigenvalue weighted by Crippen LogP contribution is 2.35. The molecule has 3 N–H and O–H groups in total. The van der Waals surface area contributed by atoms with Crippen LogP contribution in [0.3, 0.4) is 0 Å². The van der Waals surface area contributed by atoms with Crippen LogP contribution in [0.2, 0.25) is 0 Å². The number of carbonyl (C=O) groups is 2. The molecule has 38 heavy (non-hydrogen) atoms. The van der Waals surface area contributed by atoms with Gasteiger partial charge in [0.1, 0.15) is 5.82 Å². The van der Waals surface area contributed by atoms with Crippen molar-refractivity contribution in [3.63, 3.8) is 0 Å². The number of hydrogen-bond acceptors (Lipinski definition) is 8. The Bertz CT molecular complexity index is 1500. The Kier molecular flexibility index (Phi) is 7.21. The fraction of sp³-hybridized carbons (Fsp3) is 0.296. The van der Waals surface area contributed by atoms with Gasteiger partial charge in [-0.25, -0.2) is 9.97 Å². The van der Waals surface area contributed by atoms with Gasteiger partial charge in [-0.1, -0.05) is 29.8 Å². The first kappa shape index (κ1) is 25.6. The molecule has 1 atom stereocenters. The lowest BCUT2D eigenvalue weighted by Gasteiger charge is -2.27. The highest BCUT2D eigenvalue weighted by Gasteiger charge is 2.29. The molecule has 4 aromatic rings. The van der Waals surface area contributed by atoms with E-state index in [-0.39, 0.29) is 25.0 Å². The average Bonchev–Trinajstić information content (AvgIpc) is 3.52. The molecule has 2 amide bonds. The third-order valence-electron chi connectivity index (χ3n) is 6.50. The van der Waals surface area contributed by atoms with Crippen molar-refractivity contribution >= 4 is 34.9 Å². The van der Waals surface area contributed by atoms with Gasteiger partial charge in [0.25, 0.3) is 5.91 Å². The number of aromatic nitrogens is 4. The largest absolute Gasteiger partial charge is 0.394 e. The monoisotopic (exact) mass is 531 g/mol. The summed E-state index contributed by atoms with van der Waals surface area (Å²) in [6, 6.07) is 10.8. The summed E-state index contributed by atoms with van der Waals surface area (Å²) in [6.07, 6.45) is 4.10. The van der Waals surface area contributed by atoms with Crippen LogP contribution in [0.5, 0.6) is 0 Å². The number of hydrogen-bond donors (Lipinski definition) is 3. The fourth-order valence-electron chi connectivity index (χ4n) is 4.47. The van der Waals surface area contributed by atoms with Gasteiger partial charge in [0, 0.05) is 37.2 Å². The van der Waals surface area contributed by atoms with Gasteiger partial charge < -0.3 is 20.6 Å². The normalized spacial score (nSPS) is 13.8. The number of nitrogens with one attached hydrogen (secondary N) is 2. The molecular formula is C27H29N7O3S. The molecule has 1 aliphatic heterocycles. The summed E-state index contributed by atoms with van der Waals surface area (Å²) in [7, 11) is 1.83. The number of carbonyl (C=O) groups excluding carboxylic acids is 2. The molecule has 0 fully saturated rings. The van der Waals surface area contributed by atoms with E-state index in [9.17, 15) is 14.7 Å². The van der Waals surface area contributed by atoms with Crippen molar-refractivity contribution < 1.29 is 14.7 Å². The van der Waals surface area contributed by atoms with Gasteiger partial charge in [-0.15, -0.1) is 11.3 Å². The smallest absolute Gasteiger partial charge is 0.255 e. The number of rotatable bonds is 8. The molecular weight excluding hydrogens is 502 g/mol. The van der Waals surface area contributed by atoms with Crippen molar-refractivity contribution in [2.24, 2.45) is 7.05 Å². The van der Waals surface area contributed by atoms with E-state index < -0.39 is 6.04 Å². The maximum atomic E-state index is 13.3. The summed E-state index contributed by atoms with van der Waals surface area (Å²) in [4.78, 5) is 38.6. The Morgan fingerprint density at radius 3 is 2.82 bits per heavy atom. The Hall–Kier alpha value is -4.09. The van der Waals surface area contributed by atoms with Crippen LogP contribution in [0.15, 0.2) is 48.8 Å². The lowest BCUT2D eigenvalue weighted by Crippen LogP contribution is -2.45. The van der Waals surface area contributed by atoms with Crippen molar-refractivity contribution in [2.45, 2.75) is 26.3 Å². The molecule has 0 bridgehead atoms. The summed E-state index contributed by atoms with van der Waals surface area (Å²) in [5, 5.41) is 20.0. The molecule has 11 heteroatoms. The van der Waals surface area contributed by atoms with E-state index in [1.54, 1.807) is 33.3 Å². The quantitative estimate of drug-likeness (QED) is 0.319. The third-order valence-corrected chi connectivity index (χ3v) is 7.70.